The number of amides is 1. The number of rotatable bonds is 4. The van der Waals surface area contributed by atoms with Crippen LogP contribution < -0.4 is 4.90 Å². The predicted octanol–water partition coefficient (Wildman–Crippen LogP) is 2.71. The molecule has 1 amide bonds. The molecule has 0 saturated carbocycles. The fourth-order valence-corrected chi connectivity index (χ4v) is 4.82. The van der Waals surface area contributed by atoms with Gasteiger partial charge in [0.2, 0.25) is 5.91 Å². The minimum atomic E-state index is -3.72. The third kappa shape index (κ3) is 2.99. The third-order valence-corrected chi connectivity index (χ3v) is 6.66. The monoisotopic (exact) mass is 373 g/mol. The lowest BCUT2D eigenvalue weighted by molar-refractivity contribution is -0.117. The Morgan fingerprint density at radius 1 is 1.08 bits per heavy atom. The van der Waals surface area contributed by atoms with Crippen LogP contribution in [0.2, 0.25) is 0 Å². The second kappa shape index (κ2) is 6.92. The van der Waals surface area contributed by atoms with Crippen LogP contribution in [-0.4, -0.2) is 32.2 Å². The van der Waals surface area contributed by atoms with Crippen LogP contribution >= 0.6 is 0 Å². The molecule has 0 bridgehead atoms. The van der Waals surface area contributed by atoms with E-state index in [0.717, 1.165) is 0 Å². The Bertz CT molecular complexity index is 922. The van der Waals surface area contributed by atoms with E-state index in [4.69, 9.17) is 4.74 Å². The summed E-state index contributed by atoms with van der Waals surface area (Å²) >= 11 is 0. The van der Waals surface area contributed by atoms with Gasteiger partial charge in [-0.25, -0.2) is 13.2 Å². The molecule has 26 heavy (non-hydrogen) atoms. The molecular formula is C19H19NO5S. The summed E-state index contributed by atoms with van der Waals surface area (Å²) in [6.07, 6.45) is 0. The molecule has 0 radical (unpaired) electrons. The first kappa shape index (κ1) is 18.1. The van der Waals surface area contributed by atoms with Crippen molar-refractivity contribution in [3.8, 4) is 0 Å². The molecule has 136 valence electrons. The predicted molar refractivity (Wildman–Crippen MR) is 97.4 cm³/mol. The van der Waals surface area contributed by atoms with E-state index in [1.807, 2.05) is 0 Å². The fraction of sp³-hybridized carbons (Fsp3) is 0.263. The average molecular weight is 373 g/mol. The van der Waals surface area contributed by atoms with Gasteiger partial charge in [-0.15, -0.1) is 0 Å². The highest BCUT2D eigenvalue weighted by molar-refractivity contribution is 7.93. The molecule has 2 atom stereocenters. The topological polar surface area (TPSA) is 80.8 Å². The molecule has 2 aromatic rings. The van der Waals surface area contributed by atoms with E-state index in [1.54, 1.807) is 49.4 Å². The summed E-state index contributed by atoms with van der Waals surface area (Å²) in [6.45, 7) is 3.38. The summed E-state index contributed by atoms with van der Waals surface area (Å²) in [4.78, 5) is 25.7. The number of esters is 1. The van der Waals surface area contributed by atoms with Crippen molar-refractivity contribution in [2.75, 3.05) is 11.5 Å². The van der Waals surface area contributed by atoms with E-state index < -0.39 is 32.3 Å². The summed E-state index contributed by atoms with van der Waals surface area (Å²) in [6, 6.07) is 14.8. The molecule has 0 aromatic heterocycles. The smallest absolute Gasteiger partial charge is 0.338 e. The Balaban J connectivity index is 2.04. The van der Waals surface area contributed by atoms with Crippen LogP contribution in [0.3, 0.4) is 0 Å². The van der Waals surface area contributed by atoms with E-state index in [1.165, 1.54) is 24.0 Å². The molecule has 1 fully saturated rings. The molecule has 2 aromatic carbocycles. The molecule has 3 rings (SSSR count). The van der Waals surface area contributed by atoms with E-state index in [0.29, 0.717) is 16.8 Å². The van der Waals surface area contributed by atoms with Gasteiger partial charge in [0.05, 0.1) is 12.2 Å². The lowest BCUT2D eigenvalue weighted by Crippen LogP contribution is -2.30. The summed E-state index contributed by atoms with van der Waals surface area (Å²) in [5, 5.41) is -2.21. The van der Waals surface area contributed by atoms with Crippen LogP contribution in [0.4, 0.5) is 5.69 Å². The zero-order valence-corrected chi connectivity index (χ0v) is 15.3. The van der Waals surface area contributed by atoms with Crippen LogP contribution in [-0.2, 0) is 19.4 Å². The van der Waals surface area contributed by atoms with Gasteiger partial charge in [0, 0.05) is 5.69 Å². The summed E-state index contributed by atoms with van der Waals surface area (Å²) in [5.74, 6) is -0.949. The first-order valence-corrected chi connectivity index (χ1v) is 9.86. The minimum absolute atomic E-state index is 0.261. The van der Waals surface area contributed by atoms with Crippen molar-refractivity contribution in [3.05, 3.63) is 65.7 Å². The number of carbonyl (C=O) groups excluding carboxylic acids is 2. The van der Waals surface area contributed by atoms with Crippen molar-refractivity contribution < 1.29 is 22.7 Å². The van der Waals surface area contributed by atoms with Crippen LogP contribution in [0.15, 0.2) is 54.6 Å². The molecule has 0 N–H and O–H groups in total. The van der Waals surface area contributed by atoms with E-state index >= 15 is 0 Å². The number of sulfone groups is 1. The second-order valence-corrected chi connectivity index (χ2v) is 8.30. The summed E-state index contributed by atoms with van der Waals surface area (Å²) < 4.78 is 30.6. The van der Waals surface area contributed by atoms with Crippen molar-refractivity contribution in [1.29, 1.82) is 0 Å². The van der Waals surface area contributed by atoms with Crippen LogP contribution in [0.5, 0.6) is 0 Å². The van der Waals surface area contributed by atoms with Gasteiger partial charge in [-0.05, 0) is 43.7 Å². The zero-order chi connectivity index (χ0) is 18.9. The highest BCUT2D eigenvalue weighted by Gasteiger charge is 2.51. The molecule has 7 heteroatoms. The second-order valence-electron chi connectivity index (χ2n) is 5.97. The Morgan fingerprint density at radius 3 is 2.27 bits per heavy atom. The zero-order valence-electron chi connectivity index (χ0n) is 14.5. The molecule has 1 heterocycles. The van der Waals surface area contributed by atoms with Crippen LogP contribution in [0, 0.1) is 0 Å². The highest BCUT2D eigenvalue weighted by atomic mass is 32.2. The number of carbonyl (C=O) groups is 2. The first-order valence-electron chi connectivity index (χ1n) is 8.26. The molecule has 6 nitrogen and oxygen atoms in total. The first-order chi connectivity index (χ1) is 12.4. The largest absolute Gasteiger partial charge is 0.462 e. The van der Waals surface area contributed by atoms with Gasteiger partial charge in [-0.1, -0.05) is 30.3 Å². The molecule has 1 saturated heterocycles. The molecule has 0 spiro atoms. The van der Waals surface area contributed by atoms with Gasteiger partial charge in [0.15, 0.2) is 15.2 Å². The number of ether oxygens (including phenoxy) is 1. The number of nitrogens with zero attached hydrogens (tertiary/aromatic N) is 1. The van der Waals surface area contributed by atoms with Crippen molar-refractivity contribution in [2.24, 2.45) is 0 Å². The Labute approximate surface area is 152 Å². The molecule has 1 aliphatic heterocycles. The number of anilines is 1. The Kier molecular flexibility index (Phi) is 4.82. The van der Waals surface area contributed by atoms with Gasteiger partial charge in [-0.2, -0.15) is 0 Å². The quantitative estimate of drug-likeness (QED) is 0.770. The van der Waals surface area contributed by atoms with Gasteiger partial charge in [0.1, 0.15) is 5.25 Å². The maximum Gasteiger partial charge on any atom is 0.338 e. The number of hydrogen-bond acceptors (Lipinski definition) is 5. The standard InChI is InChI=1S/C19H19NO5S/c1-3-25-19(22)15-9-11-16(12-10-15)20-17(21)13(2)26(23,24)18(20)14-7-5-4-6-8-14/h4-13,18H,3H2,1-2H3. The number of hydrogen-bond donors (Lipinski definition) is 0. The van der Waals surface area contributed by atoms with E-state index in [9.17, 15) is 18.0 Å². The normalized spacial score (nSPS) is 21.6. The lowest BCUT2D eigenvalue weighted by atomic mass is 10.1. The van der Waals surface area contributed by atoms with Crippen molar-refractivity contribution in [2.45, 2.75) is 24.5 Å². The van der Waals surface area contributed by atoms with Gasteiger partial charge < -0.3 is 4.74 Å². The summed E-state index contributed by atoms with van der Waals surface area (Å²) in [5.41, 5.74) is 1.29. The Hall–Kier alpha value is -2.67. The average Bonchev–Trinajstić information content (AvgIpc) is 2.83. The van der Waals surface area contributed by atoms with Crippen molar-refractivity contribution in [3.63, 3.8) is 0 Å². The molecule has 0 aliphatic carbocycles. The molecule has 1 aliphatic rings. The fourth-order valence-electron chi connectivity index (χ4n) is 2.98. The maximum atomic E-state index is 12.8. The minimum Gasteiger partial charge on any atom is -0.462 e. The van der Waals surface area contributed by atoms with Gasteiger partial charge in [-0.3, -0.25) is 9.69 Å². The lowest BCUT2D eigenvalue weighted by Gasteiger charge is -2.24. The number of benzene rings is 2. The van der Waals surface area contributed by atoms with Crippen LogP contribution in [0.1, 0.15) is 35.1 Å². The van der Waals surface area contributed by atoms with Crippen LogP contribution in [0.25, 0.3) is 0 Å². The van der Waals surface area contributed by atoms with Gasteiger partial charge in [0.25, 0.3) is 0 Å². The van der Waals surface area contributed by atoms with Crippen molar-refractivity contribution in [1.82, 2.24) is 0 Å². The van der Waals surface area contributed by atoms with E-state index in [-0.39, 0.29) is 6.61 Å². The highest BCUT2D eigenvalue weighted by Crippen LogP contribution is 2.40. The maximum absolute atomic E-state index is 12.8. The van der Waals surface area contributed by atoms with Gasteiger partial charge >= 0.3 is 5.97 Å². The van der Waals surface area contributed by atoms with E-state index in [2.05, 4.69) is 0 Å². The molecular weight excluding hydrogens is 354 g/mol. The SMILES string of the molecule is CCOC(=O)c1ccc(N2C(=O)C(C)S(=O)(=O)C2c2ccccc2)cc1. The van der Waals surface area contributed by atoms with Crippen molar-refractivity contribution >= 4 is 27.4 Å². The Morgan fingerprint density at radius 2 is 1.69 bits per heavy atom. The third-order valence-electron chi connectivity index (χ3n) is 4.37. The molecule has 2 unspecified atom stereocenters. The summed E-state index contributed by atoms with van der Waals surface area (Å²) in [7, 11) is -3.72.